The van der Waals surface area contributed by atoms with Gasteiger partial charge in [0.2, 0.25) is 0 Å². The second kappa shape index (κ2) is 3.04. The molecule has 0 aromatic heterocycles. The highest BCUT2D eigenvalue weighted by Gasteiger charge is 2.44. The molecule has 2 fully saturated rings. The molecule has 0 bridgehead atoms. The van der Waals surface area contributed by atoms with Crippen LogP contribution in [0.3, 0.4) is 0 Å². The van der Waals surface area contributed by atoms with Gasteiger partial charge in [0.05, 0.1) is 13.1 Å². The molecule has 1 atom stereocenters. The van der Waals surface area contributed by atoms with E-state index in [-0.39, 0.29) is 6.54 Å². The third kappa shape index (κ3) is 1.47. The summed E-state index contributed by atoms with van der Waals surface area (Å²) in [5, 5.41) is 11.4. The summed E-state index contributed by atoms with van der Waals surface area (Å²) in [6, 6.07) is 0. The van der Waals surface area contributed by atoms with Crippen molar-refractivity contribution < 1.29 is 19.4 Å². The fourth-order valence-electron chi connectivity index (χ4n) is 1.99. The number of hydrogen-bond acceptors (Lipinski definition) is 3. The van der Waals surface area contributed by atoms with Crippen molar-refractivity contribution in [1.82, 2.24) is 10.2 Å². The number of carbonyl (C=O) groups is 2. The molecule has 0 aromatic carbocycles. The number of alkyl carbamates (subject to hydrolysis) is 1. The van der Waals surface area contributed by atoms with Crippen LogP contribution in [0.15, 0.2) is 0 Å². The average Bonchev–Trinajstić information content (AvgIpc) is 2.47. The van der Waals surface area contributed by atoms with Crippen LogP contribution in [-0.4, -0.2) is 47.4 Å². The highest BCUT2D eigenvalue weighted by molar-refractivity contribution is 5.71. The molecule has 2 aliphatic rings. The van der Waals surface area contributed by atoms with Crippen LogP contribution < -0.4 is 5.32 Å². The Balaban J connectivity index is 2.06. The van der Waals surface area contributed by atoms with Gasteiger partial charge in [-0.15, -0.1) is 0 Å². The summed E-state index contributed by atoms with van der Waals surface area (Å²) in [6.07, 6.45) is 0.0702. The number of nitrogens with zero attached hydrogens (tertiary/aromatic N) is 1. The Morgan fingerprint density at radius 1 is 1.64 bits per heavy atom. The van der Waals surface area contributed by atoms with Crippen LogP contribution in [0.4, 0.5) is 9.59 Å². The molecule has 2 aliphatic heterocycles. The molecule has 0 aliphatic carbocycles. The van der Waals surface area contributed by atoms with Crippen molar-refractivity contribution in [3.63, 3.8) is 0 Å². The molecule has 2 N–H and O–H groups in total. The van der Waals surface area contributed by atoms with Crippen molar-refractivity contribution in [3.05, 3.63) is 0 Å². The van der Waals surface area contributed by atoms with Crippen molar-refractivity contribution in [1.29, 1.82) is 0 Å². The quantitative estimate of drug-likeness (QED) is 0.587. The zero-order valence-electron chi connectivity index (χ0n) is 7.65. The number of nitrogens with one attached hydrogen (secondary N) is 1. The molecule has 1 spiro atoms. The minimum Gasteiger partial charge on any atom is -0.465 e. The standard InChI is InChI=1S/C8H12N2O4/c11-6-9-4-8(14-6)2-1-3-10(5-8)7(12)13/h1-5H2,(H,9,11)(H,12,13)/t8-/m0/s1. The Morgan fingerprint density at radius 3 is 3.00 bits per heavy atom. The van der Waals surface area contributed by atoms with Crippen LogP contribution in [0, 0.1) is 0 Å². The van der Waals surface area contributed by atoms with Gasteiger partial charge in [-0.05, 0) is 12.8 Å². The smallest absolute Gasteiger partial charge is 0.407 e. The molecular weight excluding hydrogens is 188 g/mol. The summed E-state index contributed by atoms with van der Waals surface area (Å²) in [5.74, 6) is 0. The van der Waals surface area contributed by atoms with E-state index in [4.69, 9.17) is 9.84 Å². The number of carboxylic acid groups (broad SMARTS) is 1. The molecule has 6 nitrogen and oxygen atoms in total. The van der Waals surface area contributed by atoms with Crippen LogP contribution in [0.5, 0.6) is 0 Å². The molecule has 0 saturated carbocycles. The number of ether oxygens (including phenoxy) is 1. The minimum atomic E-state index is -0.952. The molecule has 6 heteroatoms. The molecule has 14 heavy (non-hydrogen) atoms. The molecule has 2 amide bonds. The summed E-state index contributed by atoms with van der Waals surface area (Å²) in [5.41, 5.74) is -0.617. The Kier molecular flexibility index (Phi) is 1.98. The van der Waals surface area contributed by atoms with E-state index >= 15 is 0 Å². The third-order valence-electron chi connectivity index (χ3n) is 2.67. The number of piperidine rings is 1. The number of carbonyl (C=O) groups excluding carboxylic acids is 1. The normalized spacial score (nSPS) is 31.4. The van der Waals surface area contributed by atoms with Crippen molar-refractivity contribution in [2.45, 2.75) is 18.4 Å². The predicted molar refractivity (Wildman–Crippen MR) is 46.0 cm³/mol. The van der Waals surface area contributed by atoms with E-state index in [0.29, 0.717) is 13.1 Å². The topological polar surface area (TPSA) is 78.9 Å². The maximum atomic E-state index is 10.9. The van der Waals surface area contributed by atoms with Crippen molar-refractivity contribution in [2.75, 3.05) is 19.6 Å². The Bertz CT molecular complexity index is 281. The third-order valence-corrected chi connectivity index (χ3v) is 2.67. The molecule has 0 radical (unpaired) electrons. The molecule has 2 rings (SSSR count). The van der Waals surface area contributed by atoms with Gasteiger partial charge in [-0.25, -0.2) is 9.59 Å². The largest absolute Gasteiger partial charge is 0.465 e. The first-order chi connectivity index (χ1) is 6.61. The number of hydrogen-bond donors (Lipinski definition) is 2. The summed E-state index contributed by atoms with van der Waals surface area (Å²) in [6.45, 7) is 1.21. The van der Waals surface area contributed by atoms with Crippen molar-refractivity contribution in [3.8, 4) is 0 Å². The first-order valence-corrected chi connectivity index (χ1v) is 4.56. The second-order valence-electron chi connectivity index (χ2n) is 3.73. The van der Waals surface area contributed by atoms with Gasteiger partial charge in [-0.1, -0.05) is 0 Å². The van der Waals surface area contributed by atoms with E-state index in [0.717, 1.165) is 12.8 Å². The first kappa shape index (κ1) is 9.11. The van der Waals surface area contributed by atoms with E-state index in [1.165, 1.54) is 4.90 Å². The Labute approximate surface area is 80.8 Å². The summed E-state index contributed by atoms with van der Waals surface area (Å²) in [7, 11) is 0. The van der Waals surface area contributed by atoms with Crippen LogP contribution in [0.25, 0.3) is 0 Å². The molecule has 78 valence electrons. The maximum Gasteiger partial charge on any atom is 0.407 e. The summed E-state index contributed by atoms with van der Waals surface area (Å²) in [4.78, 5) is 22.9. The van der Waals surface area contributed by atoms with Gasteiger partial charge in [-0.2, -0.15) is 0 Å². The highest BCUT2D eigenvalue weighted by atomic mass is 16.6. The second-order valence-corrected chi connectivity index (χ2v) is 3.73. The maximum absolute atomic E-state index is 10.9. The van der Waals surface area contributed by atoms with Crippen LogP contribution in [0.2, 0.25) is 0 Å². The average molecular weight is 200 g/mol. The van der Waals surface area contributed by atoms with Gasteiger partial charge < -0.3 is 20.1 Å². The van der Waals surface area contributed by atoms with E-state index in [9.17, 15) is 9.59 Å². The van der Waals surface area contributed by atoms with Gasteiger partial charge in [0.15, 0.2) is 0 Å². The fraction of sp³-hybridized carbons (Fsp3) is 0.750. The number of rotatable bonds is 0. The molecule has 0 unspecified atom stereocenters. The van der Waals surface area contributed by atoms with Gasteiger partial charge in [0.25, 0.3) is 0 Å². The zero-order chi connectivity index (χ0) is 10.2. The summed E-state index contributed by atoms with van der Waals surface area (Å²) >= 11 is 0. The van der Waals surface area contributed by atoms with Gasteiger partial charge in [0, 0.05) is 6.54 Å². The minimum absolute atomic E-state index is 0.279. The Morgan fingerprint density at radius 2 is 2.43 bits per heavy atom. The lowest BCUT2D eigenvalue weighted by Gasteiger charge is -2.36. The van der Waals surface area contributed by atoms with E-state index in [1.54, 1.807) is 0 Å². The van der Waals surface area contributed by atoms with Crippen LogP contribution in [0.1, 0.15) is 12.8 Å². The molecular formula is C8H12N2O4. The van der Waals surface area contributed by atoms with Gasteiger partial charge >= 0.3 is 12.2 Å². The SMILES string of the molecule is O=C1NC[C@]2(CCCN(C(=O)O)C2)O1. The zero-order valence-corrected chi connectivity index (χ0v) is 7.65. The monoisotopic (exact) mass is 200 g/mol. The fourth-order valence-corrected chi connectivity index (χ4v) is 1.99. The Hall–Kier alpha value is -1.46. The van der Waals surface area contributed by atoms with Gasteiger partial charge in [0.1, 0.15) is 5.60 Å². The molecule has 2 heterocycles. The number of likely N-dealkylation sites (tertiary alicyclic amines) is 1. The lowest BCUT2D eigenvalue weighted by molar-refractivity contribution is -0.00408. The van der Waals surface area contributed by atoms with Crippen LogP contribution >= 0.6 is 0 Å². The molecule has 2 saturated heterocycles. The van der Waals surface area contributed by atoms with E-state index in [2.05, 4.69) is 5.32 Å². The summed E-state index contributed by atoms with van der Waals surface area (Å²) < 4.78 is 5.12. The van der Waals surface area contributed by atoms with E-state index in [1.807, 2.05) is 0 Å². The molecule has 0 aromatic rings. The van der Waals surface area contributed by atoms with Crippen molar-refractivity contribution >= 4 is 12.2 Å². The van der Waals surface area contributed by atoms with E-state index < -0.39 is 17.8 Å². The lowest BCUT2D eigenvalue weighted by atomic mass is 9.93. The first-order valence-electron chi connectivity index (χ1n) is 4.56. The highest BCUT2D eigenvalue weighted by Crippen LogP contribution is 2.27. The number of amides is 2. The van der Waals surface area contributed by atoms with Crippen molar-refractivity contribution in [2.24, 2.45) is 0 Å². The predicted octanol–water partition coefficient (Wildman–Crippen LogP) is 0.239. The van der Waals surface area contributed by atoms with Gasteiger partial charge in [-0.3, -0.25) is 0 Å². The lowest BCUT2D eigenvalue weighted by Crippen LogP contribution is -2.51. The van der Waals surface area contributed by atoms with Crippen LogP contribution in [-0.2, 0) is 4.74 Å².